The Bertz CT molecular complexity index is 698. The van der Waals surface area contributed by atoms with Crippen LogP contribution in [-0.4, -0.2) is 54.3 Å². The summed E-state index contributed by atoms with van der Waals surface area (Å²) < 4.78 is 11.3. The van der Waals surface area contributed by atoms with Crippen molar-refractivity contribution in [2.75, 3.05) is 33.4 Å². The molecule has 1 N–H and O–H groups in total. The SMILES string of the molecule is CCN(CC)CCOc1cc(-c2nc(CC(=O)O)cs2)ccc1OC. The molecule has 0 unspecified atom stereocenters. The molecule has 0 amide bonds. The summed E-state index contributed by atoms with van der Waals surface area (Å²) in [6, 6.07) is 5.64. The van der Waals surface area contributed by atoms with Crippen LogP contribution in [0.5, 0.6) is 11.5 Å². The van der Waals surface area contributed by atoms with Crippen LogP contribution >= 0.6 is 11.3 Å². The molecule has 1 aromatic heterocycles. The van der Waals surface area contributed by atoms with Gasteiger partial charge in [0.25, 0.3) is 0 Å². The van der Waals surface area contributed by atoms with Crippen LogP contribution in [0.25, 0.3) is 10.6 Å². The number of aromatic nitrogens is 1. The van der Waals surface area contributed by atoms with Gasteiger partial charge in [0.2, 0.25) is 0 Å². The third kappa shape index (κ3) is 5.44. The molecule has 25 heavy (non-hydrogen) atoms. The quantitative estimate of drug-likeness (QED) is 0.698. The summed E-state index contributed by atoms with van der Waals surface area (Å²) >= 11 is 1.42. The Morgan fingerprint density at radius 2 is 2.04 bits per heavy atom. The molecule has 0 fully saturated rings. The lowest BCUT2D eigenvalue weighted by molar-refractivity contribution is -0.136. The van der Waals surface area contributed by atoms with Crippen LogP contribution in [0, 0.1) is 0 Å². The van der Waals surface area contributed by atoms with Crippen LogP contribution in [0.3, 0.4) is 0 Å². The molecule has 0 bridgehead atoms. The van der Waals surface area contributed by atoms with Gasteiger partial charge >= 0.3 is 5.97 Å². The fraction of sp³-hybridized carbons (Fsp3) is 0.444. The summed E-state index contributed by atoms with van der Waals surface area (Å²) in [6.07, 6.45) is -0.0696. The van der Waals surface area contributed by atoms with Gasteiger partial charge in [-0.3, -0.25) is 4.79 Å². The molecule has 0 saturated heterocycles. The number of thiazole rings is 1. The number of rotatable bonds is 10. The van der Waals surface area contributed by atoms with E-state index in [2.05, 4.69) is 23.7 Å². The maximum atomic E-state index is 10.8. The molecule has 6 nitrogen and oxygen atoms in total. The molecule has 2 aromatic rings. The molecule has 2 rings (SSSR count). The molecule has 0 radical (unpaired) electrons. The first-order valence-corrected chi connectivity index (χ1v) is 9.15. The number of carbonyl (C=O) groups is 1. The first-order valence-electron chi connectivity index (χ1n) is 8.27. The Morgan fingerprint density at radius 1 is 1.28 bits per heavy atom. The van der Waals surface area contributed by atoms with Crippen molar-refractivity contribution in [3.63, 3.8) is 0 Å². The highest BCUT2D eigenvalue weighted by Crippen LogP contribution is 2.33. The lowest BCUT2D eigenvalue weighted by Gasteiger charge is -2.19. The fourth-order valence-electron chi connectivity index (χ4n) is 2.42. The number of ether oxygens (including phenoxy) is 2. The lowest BCUT2D eigenvalue weighted by atomic mass is 10.2. The third-order valence-corrected chi connectivity index (χ3v) is 4.79. The zero-order chi connectivity index (χ0) is 18.2. The highest BCUT2D eigenvalue weighted by Gasteiger charge is 2.12. The average Bonchev–Trinajstić information content (AvgIpc) is 3.06. The van der Waals surface area contributed by atoms with Crippen molar-refractivity contribution in [1.29, 1.82) is 0 Å². The molecule has 0 spiro atoms. The summed E-state index contributed by atoms with van der Waals surface area (Å²) in [7, 11) is 1.61. The van der Waals surface area contributed by atoms with Crippen LogP contribution in [0.1, 0.15) is 19.5 Å². The number of carboxylic acid groups (broad SMARTS) is 1. The normalized spacial score (nSPS) is 10.9. The van der Waals surface area contributed by atoms with Crippen molar-refractivity contribution in [2.24, 2.45) is 0 Å². The van der Waals surface area contributed by atoms with Crippen molar-refractivity contribution < 1.29 is 19.4 Å². The molecule has 0 saturated carbocycles. The second-order valence-corrected chi connectivity index (χ2v) is 6.31. The van der Waals surface area contributed by atoms with Gasteiger partial charge in [-0.25, -0.2) is 4.98 Å². The number of hydrogen-bond acceptors (Lipinski definition) is 6. The van der Waals surface area contributed by atoms with Gasteiger partial charge in [-0.05, 0) is 31.3 Å². The Morgan fingerprint density at radius 3 is 2.68 bits per heavy atom. The van der Waals surface area contributed by atoms with Crippen LogP contribution in [-0.2, 0) is 11.2 Å². The van der Waals surface area contributed by atoms with Crippen molar-refractivity contribution in [3.05, 3.63) is 29.3 Å². The molecule has 7 heteroatoms. The number of methoxy groups -OCH3 is 1. The van der Waals surface area contributed by atoms with E-state index < -0.39 is 5.97 Å². The van der Waals surface area contributed by atoms with Gasteiger partial charge in [0.05, 0.1) is 19.2 Å². The Hall–Kier alpha value is -2.12. The maximum Gasteiger partial charge on any atom is 0.309 e. The van der Waals surface area contributed by atoms with Crippen LogP contribution in [0.15, 0.2) is 23.6 Å². The number of benzene rings is 1. The monoisotopic (exact) mass is 364 g/mol. The van der Waals surface area contributed by atoms with E-state index in [-0.39, 0.29) is 6.42 Å². The summed E-state index contributed by atoms with van der Waals surface area (Å²) in [6.45, 7) is 7.65. The third-order valence-electron chi connectivity index (χ3n) is 3.85. The van der Waals surface area contributed by atoms with E-state index in [1.807, 2.05) is 18.2 Å². The zero-order valence-corrected chi connectivity index (χ0v) is 15.6. The average molecular weight is 364 g/mol. The van der Waals surface area contributed by atoms with E-state index in [4.69, 9.17) is 14.6 Å². The lowest BCUT2D eigenvalue weighted by Crippen LogP contribution is -2.27. The fourth-order valence-corrected chi connectivity index (χ4v) is 3.24. The van der Waals surface area contributed by atoms with E-state index in [9.17, 15) is 4.79 Å². The minimum atomic E-state index is -0.882. The van der Waals surface area contributed by atoms with Gasteiger partial charge in [-0.2, -0.15) is 0 Å². The van der Waals surface area contributed by atoms with E-state index in [0.717, 1.165) is 30.2 Å². The van der Waals surface area contributed by atoms with Crippen LogP contribution < -0.4 is 9.47 Å². The number of carboxylic acids is 1. The predicted octanol–water partition coefficient (Wildman–Crippen LogP) is 3.17. The van der Waals surface area contributed by atoms with Gasteiger partial charge in [-0.1, -0.05) is 13.8 Å². The Kier molecular flexibility index (Phi) is 7.21. The number of nitrogens with zero attached hydrogens (tertiary/aromatic N) is 2. The first kappa shape index (κ1) is 19.2. The standard InChI is InChI=1S/C18H24N2O4S/c1-4-20(5-2)8-9-24-16-10-13(6-7-15(16)23-3)18-19-14(12-25-18)11-17(21)22/h6-7,10,12H,4-5,8-9,11H2,1-3H3,(H,21,22). The van der Waals surface area contributed by atoms with Crippen LogP contribution in [0.4, 0.5) is 0 Å². The molecule has 1 aromatic carbocycles. The highest BCUT2D eigenvalue weighted by atomic mass is 32.1. The number of hydrogen-bond donors (Lipinski definition) is 1. The van der Waals surface area contributed by atoms with Crippen molar-refractivity contribution in [2.45, 2.75) is 20.3 Å². The molecule has 136 valence electrons. The molecule has 0 aliphatic heterocycles. The predicted molar refractivity (Wildman–Crippen MR) is 98.7 cm³/mol. The van der Waals surface area contributed by atoms with Crippen molar-refractivity contribution in [3.8, 4) is 22.1 Å². The largest absolute Gasteiger partial charge is 0.493 e. The Labute approximate surface area is 152 Å². The first-order chi connectivity index (χ1) is 12.1. The molecule has 0 aliphatic rings. The van der Waals surface area contributed by atoms with Crippen molar-refractivity contribution in [1.82, 2.24) is 9.88 Å². The van der Waals surface area contributed by atoms with E-state index in [0.29, 0.717) is 23.8 Å². The molecule has 1 heterocycles. The van der Waals surface area contributed by atoms with E-state index >= 15 is 0 Å². The number of aliphatic carboxylic acids is 1. The summed E-state index contributed by atoms with van der Waals surface area (Å²) in [5, 5.41) is 11.4. The smallest absolute Gasteiger partial charge is 0.309 e. The van der Waals surface area contributed by atoms with Crippen molar-refractivity contribution >= 4 is 17.3 Å². The maximum absolute atomic E-state index is 10.8. The second-order valence-electron chi connectivity index (χ2n) is 5.46. The summed E-state index contributed by atoms with van der Waals surface area (Å²) in [4.78, 5) is 17.5. The zero-order valence-electron chi connectivity index (χ0n) is 14.8. The summed E-state index contributed by atoms with van der Waals surface area (Å²) in [5.74, 6) is 0.458. The minimum Gasteiger partial charge on any atom is -0.493 e. The Balaban J connectivity index is 2.13. The highest BCUT2D eigenvalue weighted by molar-refractivity contribution is 7.13. The van der Waals surface area contributed by atoms with Gasteiger partial charge in [0.15, 0.2) is 11.5 Å². The van der Waals surface area contributed by atoms with E-state index in [1.54, 1.807) is 12.5 Å². The topological polar surface area (TPSA) is 71.9 Å². The van der Waals surface area contributed by atoms with Gasteiger partial charge in [0, 0.05) is 17.5 Å². The molecule has 0 atom stereocenters. The van der Waals surface area contributed by atoms with Gasteiger partial charge in [0.1, 0.15) is 11.6 Å². The van der Waals surface area contributed by atoms with Crippen LogP contribution in [0.2, 0.25) is 0 Å². The van der Waals surface area contributed by atoms with Gasteiger partial charge in [-0.15, -0.1) is 11.3 Å². The molecular weight excluding hydrogens is 340 g/mol. The second kappa shape index (κ2) is 9.39. The minimum absolute atomic E-state index is 0.0696. The summed E-state index contributed by atoms with van der Waals surface area (Å²) in [5.41, 5.74) is 1.45. The number of likely N-dealkylation sites (N-methyl/N-ethyl adjacent to an activating group) is 1. The molecule has 0 aliphatic carbocycles. The van der Waals surface area contributed by atoms with Gasteiger partial charge < -0.3 is 19.5 Å². The molecular formula is C18H24N2O4S. The van der Waals surface area contributed by atoms with E-state index in [1.165, 1.54) is 11.3 Å².